The van der Waals surface area contributed by atoms with E-state index in [4.69, 9.17) is 0 Å². The third-order valence-corrected chi connectivity index (χ3v) is 6.89. The van der Waals surface area contributed by atoms with Crippen LogP contribution in [0.5, 0.6) is 0 Å². The summed E-state index contributed by atoms with van der Waals surface area (Å²) in [4.78, 5) is 13.6. The number of alkyl halides is 3. The number of hydrogen-bond acceptors (Lipinski definition) is 4. The molecule has 2 aromatic heterocycles. The Kier molecular flexibility index (Phi) is 6.12. The van der Waals surface area contributed by atoms with E-state index in [-0.39, 0.29) is 11.4 Å². The van der Waals surface area contributed by atoms with Crippen molar-refractivity contribution < 1.29 is 22.2 Å². The molecule has 0 saturated carbocycles. The van der Waals surface area contributed by atoms with Crippen LogP contribution in [-0.4, -0.2) is 32.7 Å². The second-order valence-corrected chi connectivity index (χ2v) is 9.42. The van der Waals surface area contributed by atoms with Gasteiger partial charge in [0.2, 0.25) is 0 Å². The first-order chi connectivity index (χ1) is 15.3. The highest BCUT2D eigenvalue weighted by molar-refractivity contribution is 7.84. The lowest BCUT2D eigenvalue weighted by Crippen LogP contribution is -2.17. The number of allylic oxidation sites excluding steroid dienone is 6. The predicted octanol–water partition coefficient (Wildman–Crippen LogP) is 6.12. The van der Waals surface area contributed by atoms with Crippen LogP contribution in [0.1, 0.15) is 16.9 Å². The number of halogens is 3. The normalized spacial score (nSPS) is 15.1. The van der Waals surface area contributed by atoms with Gasteiger partial charge in [-0.15, -0.1) is 11.3 Å². The topological polar surface area (TPSA) is 52.0 Å². The number of benzene rings is 1. The van der Waals surface area contributed by atoms with Crippen LogP contribution in [0.25, 0.3) is 26.7 Å². The number of rotatable bonds is 5. The molecule has 3 aromatic rings. The van der Waals surface area contributed by atoms with Gasteiger partial charge in [0.25, 0.3) is 0 Å². The molecule has 4 rings (SSSR count). The van der Waals surface area contributed by atoms with Crippen LogP contribution in [0.2, 0.25) is 0 Å². The summed E-state index contributed by atoms with van der Waals surface area (Å²) < 4.78 is 54.2. The molecule has 0 spiro atoms. The van der Waals surface area contributed by atoms with Gasteiger partial charge in [0.05, 0.1) is 21.8 Å². The van der Waals surface area contributed by atoms with Gasteiger partial charge < -0.3 is 0 Å². The van der Waals surface area contributed by atoms with E-state index in [0.717, 1.165) is 16.5 Å². The Hall–Kier alpha value is -3.04. The SMILES string of the molecule is CS(=O)c1cccc(-c2ccc(-c3cc(C=O)nn3C3=CCC=CC=C3C(F)(F)F)s2)c1. The third kappa shape index (κ3) is 4.44. The summed E-state index contributed by atoms with van der Waals surface area (Å²) >= 11 is 1.36. The Morgan fingerprint density at radius 3 is 2.66 bits per heavy atom. The Morgan fingerprint density at radius 2 is 1.94 bits per heavy atom. The van der Waals surface area contributed by atoms with Crippen molar-refractivity contribution in [3.63, 3.8) is 0 Å². The molecule has 9 heteroatoms. The molecular formula is C23H17F3N2O2S2. The first-order valence-electron chi connectivity index (χ1n) is 9.52. The third-order valence-electron chi connectivity index (χ3n) is 4.81. The molecule has 0 aliphatic heterocycles. The fourth-order valence-electron chi connectivity index (χ4n) is 3.33. The smallest absolute Gasteiger partial charge is 0.296 e. The molecule has 32 heavy (non-hydrogen) atoms. The highest BCUT2D eigenvalue weighted by Gasteiger charge is 2.37. The van der Waals surface area contributed by atoms with Crippen LogP contribution in [-0.2, 0) is 10.8 Å². The second kappa shape index (κ2) is 8.84. The summed E-state index contributed by atoms with van der Waals surface area (Å²) in [6, 6.07) is 12.4. The summed E-state index contributed by atoms with van der Waals surface area (Å²) in [6.45, 7) is 0. The predicted molar refractivity (Wildman–Crippen MR) is 121 cm³/mol. The number of carbonyl (C=O) groups excluding carboxylic acids is 1. The largest absolute Gasteiger partial charge is 0.418 e. The lowest BCUT2D eigenvalue weighted by atomic mass is 10.1. The van der Waals surface area contributed by atoms with Gasteiger partial charge in [-0.2, -0.15) is 18.3 Å². The van der Waals surface area contributed by atoms with Gasteiger partial charge in [0, 0.05) is 26.8 Å². The Labute approximate surface area is 188 Å². The summed E-state index contributed by atoms with van der Waals surface area (Å²) in [6.07, 6.45) is 3.28. The first-order valence-corrected chi connectivity index (χ1v) is 11.9. The van der Waals surface area contributed by atoms with Gasteiger partial charge in [-0.1, -0.05) is 30.4 Å². The molecule has 1 unspecified atom stereocenters. The van der Waals surface area contributed by atoms with Crippen molar-refractivity contribution in [2.24, 2.45) is 0 Å². The minimum absolute atomic E-state index is 0.0398. The lowest BCUT2D eigenvalue weighted by molar-refractivity contribution is -0.0875. The van der Waals surface area contributed by atoms with Crippen molar-refractivity contribution in [1.82, 2.24) is 9.78 Å². The van der Waals surface area contributed by atoms with Crippen molar-refractivity contribution in [2.45, 2.75) is 17.5 Å². The second-order valence-electron chi connectivity index (χ2n) is 6.96. The number of thiophene rings is 1. The minimum Gasteiger partial charge on any atom is -0.296 e. The zero-order valence-electron chi connectivity index (χ0n) is 16.8. The monoisotopic (exact) mass is 474 g/mol. The summed E-state index contributed by atoms with van der Waals surface area (Å²) in [5, 5.41) is 4.13. The maximum atomic E-state index is 13.7. The maximum Gasteiger partial charge on any atom is 0.418 e. The van der Waals surface area contributed by atoms with Crippen molar-refractivity contribution in [1.29, 1.82) is 0 Å². The van der Waals surface area contributed by atoms with Crippen LogP contribution in [0.3, 0.4) is 0 Å². The van der Waals surface area contributed by atoms with Crippen LogP contribution in [0.4, 0.5) is 13.2 Å². The number of aromatic nitrogens is 2. The Morgan fingerprint density at radius 1 is 1.16 bits per heavy atom. The van der Waals surface area contributed by atoms with Crippen LogP contribution >= 0.6 is 11.3 Å². The van der Waals surface area contributed by atoms with Crippen LogP contribution in [0.15, 0.2) is 77.2 Å². The Balaban J connectivity index is 1.81. The Bertz CT molecular complexity index is 1300. The van der Waals surface area contributed by atoms with E-state index < -0.39 is 22.5 Å². The lowest BCUT2D eigenvalue weighted by Gasteiger charge is -2.16. The fourth-order valence-corrected chi connectivity index (χ4v) is 4.90. The van der Waals surface area contributed by atoms with Gasteiger partial charge in [0.15, 0.2) is 6.29 Å². The molecule has 164 valence electrons. The quantitative estimate of drug-likeness (QED) is 0.419. The molecule has 1 atom stereocenters. The average Bonchev–Trinajstić information content (AvgIpc) is 3.34. The van der Waals surface area contributed by atoms with E-state index in [1.807, 2.05) is 24.3 Å². The van der Waals surface area contributed by atoms with Gasteiger partial charge in [-0.05, 0) is 48.4 Å². The van der Waals surface area contributed by atoms with Crippen molar-refractivity contribution >= 4 is 34.1 Å². The van der Waals surface area contributed by atoms with Gasteiger partial charge in [-0.25, -0.2) is 4.68 Å². The van der Waals surface area contributed by atoms with Crippen molar-refractivity contribution in [3.05, 3.63) is 78.0 Å². The summed E-state index contributed by atoms with van der Waals surface area (Å²) in [5.41, 5.74) is 0.330. The van der Waals surface area contributed by atoms with E-state index in [2.05, 4.69) is 5.10 Å². The molecule has 1 aliphatic carbocycles. The molecular weight excluding hydrogens is 457 g/mol. The van der Waals surface area contributed by atoms with Crippen molar-refractivity contribution in [3.8, 4) is 21.0 Å². The highest BCUT2D eigenvalue weighted by Crippen LogP contribution is 2.40. The number of nitrogens with zero attached hydrogens (tertiary/aromatic N) is 2. The van der Waals surface area contributed by atoms with E-state index >= 15 is 0 Å². The fraction of sp³-hybridized carbons (Fsp3) is 0.130. The van der Waals surface area contributed by atoms with E-state index in [1.165, 1.54) is 34.2 Å². The molecule has 2 heterocycles. The average molecular weight is 475 g/mol. The molecule has 1 aromatic carbocycles. The molecule has 0 N–H and O–H groups in total. The molecule has 0 saturated heterocycles. The molecule has 0 bridgehead atoms. The summed E-state index contributed by atoms with van der Waals surface area (Å²) in [5.74, 6) is 0. The van der Waals surface area contributed by atoms with Gasteiger partial charge in [-0.3, -0.25) is 9.00 Å². The minimum atomic E-state index is -4.58. The highest BCUT2D eigenvalue weighted by atomic mass is 32.2. The van der Waals surface area contributed by atoms with Crippen LogP contribution in [0, 0.1) is 0 Å². The van der Waals surface area contributed by atoms with Crippen LogP contribution < -0.4 is 0 Å². The molecule has 1 aliphatic rings. The number of hydrogen-bond donors (Lipinski definition) is 0. The molecule has 0 radical (unpaired) electrons. The number of carbonyl (C=O) groups is 1. The number of aldehydes is 1. The van der Waals surface area contributed by atoms with Gasteiger partial charge >= 0.3 is 6.18 Å². The zero-order chi connectivity index (χ0) is 22.9. The van der Waals surface area contributed by atoms with E-state index in [9.17, 15) is 22.2 Å². The molecule has 4 nitrogen and oxygen atoms in total. The maximum absolute atomic E-state index is 13.7. The zero-order valence-corrected chi connectivity index (χ0v) is 18.4. The molecule has 0 amide bonds. The standard InChI is InChI=1S/C23H17F3N2O2S2/c1-32(30)17-7-5-6-15(12-17)21-10-11-22(31-21)20-13-16(14-29)27-28(20)19-9-4-2-3-8-18(19)23(24,25)26/h2-3,5-14H,4H2,1H3. The van der Waals surface area contributed by atoms with Crippen molar-refractivity contribution in [2.75, 3.05) is 6.26 Å². The molecule has 0 fully saturated rings. The van der Waals surface area contributed by atoms with Gasteiger partial charge in [0.1, 0.15) is 5.69 Å². The summed E-state index contributed by atoms with van der Waals surface area (Å²) in [7, 11) is -1.14. The van der Waals surface area contributed by atoms with E-state index in [1.54, 1.807) is 24.5 Å². The van der Waals surface area contributed by atoms with E-state index in [0.29, 0.717) is 28.2 Å². The first kappa shape index (κ1) is 22.2.